The molecule has 1 aromatic carbocycles. The van der Waals surface area contributed by atoms with Gasteiger partial charge >= 0.3 is 0 Å². The number of benzene rings is 1. The molecule has 0 radical (unpaired) electrons. The third kappa shape index (κ3) is 4.53. The number of aromatic nitrogens is 1. The number of hydrogen-bond donors (Lipinski definition) is 2. The zero-order chi connectivity index (χ0) is 18.7. The van der Waals surface area contributed by atoms with Gasteiger partial charge in [-0.05, 0) is 53.5 Å². The van der Waals surface area contributed by atoms with Crippen LogP contribution in [0.5, 0.6) is 0 Å². The number of nitrogens with zero attached hydrogens (tertiary/aromatic N) is 1. The number of amides is 2. The molecule has 26 heavy (non-hydrogen) atoms. The topological polar surface area (TPSA) is 74.4 Å². The van der Waals surface area contributed by atoms with Gasteiger partial charge in [-0.25, -0.2) is 0 Å². The van der Waals surface area contributed by atoms with Crippen LogP contribution < -0.4 is 5.32 Å². The summed E-state index contributed by atoms with van der Waals surface area (Å²) in [6, 6.07) is 9.07. The van der Waals surface area contributed by atoms with Gasteiger partial charge in [0, 0.05) is 35.9 Å². The quantitative estimate of drug-likeness (QED) is 0.799. The molecule has 0 bridgehead atoms. The molecule has 2 N–H and O–H groups in total. The molecule has 0 spiro atoms. The molecule has 138 valence electrons. The third-order valence-electron chi connectivity index (χ3n) is 4.25. The Hall–Kier alpha value is -2.12. The lowest BCUT2D eigenvalue weighted by Crippen LogP contribution is -2.48. The Labute approximate surface area is 161 Å². The van der Waals surface area contributed by atoms with Crippen molar-refractivity contribution in [3.05, 3.63) is 57.8 Å². The Morgan fingerprint density at radius 3 is 2.46 bits per heavy atom. The zero-order valence-electron chi connectivity index (χ0n) is 14.8. The van der Waals surface area contributed by atoms with Crippen molar-refractivity contribution in [2.24, 2.45) is 0 Å². The maximum Gasteiger partial charge on any atom is 0.267 e. The highest BCUT2D eigenvalue weighted by Gasteiger charge is 2.26. The summed E-state index contributed by atoms with van der Waals surface area (Å²) < 4.78 is 6.51. The van der Waals surface area contributed by atoms with Crippen LogP contribution in [0.4, 0.5) is 0 Å². The molecular formula is C19H22BrN3O3. The van der Waals surface area contributed by atoms with E-state index in [0.29, 0.717) is 30.9 Å². The minimum Gasteiger partial charge on any atom is -0.372 e. The van der Waals surface area contributed by atoms with Gasteiger partial charge in [0.1, 0.15) is 5.69 Å². The van der Waals surface area contributed by atoms with Crippen LogP contribution in [0.25, 0.3) is 0 Å². The number of H-pyrrole nitrogens is 1. The van der Waals surface area contributed by atoms with E-state index in [9.17, 15) is 9.59 Å². The van der Waals surface area contributed by atoms with Crippen molar-refractivity contribution in [2.75, 3.05) is 13.1 Å². The Kier molecular flexibility index (Phi) is 5.78. The second-order valence-corrected chi connectivity index (χ2v) is 7.49. The molecule has 2 atom stereocenters. The average molecular weight is 420 g/mol. The highest BCUT2D eigenvalue weighted by molar-refractivity contribution is 9.10. The maximum absolute atomic E-state index is 12.6. The van der Waals surface area contributed by atoms with Gasteiger partial charge < -0.3 is 19.9 Å². The van der Waals surface area contributed by atoms with Crippen molar-refractivity contribution in [1.29, 1.82) is 0 Å². The summed E-state index contributed by atoms with van der Waals surface area (Å²) in [5, 5.41) is 2.85. The highest BCUT2D eigenvalue weighted by atomic mass is 79.9. The van der Waals surface area contributed by atoms with Gasteiger partial charge in [-0.3, -0.25) is 9.59 Å². The normalized spacial score (nSPS) is 20.0. The molecule has 2 aromatic rings. The van der Waals surface area contributed by atoms with Crippen molar-refractivity contribution in [2.45, 2.75) is 32.6 Å². The van der Waals surface area contributed by atoms with Crippen LogP contribution in [0.1, 0.15) is 40.3 Å². The second kappa shape index (κ2) is 8.05. The number of morpholine rings is 1. The molecule has 6 nitrogen and oxygen atoms in total. The van der Waals surface area contributed by atoms with Crippen molar-refractivity contribution in [1.82, 2.24) is 15.2 Å². The molecule has 1 saturated heterocycles. The number of aromatic amines is 1. The monoisotopic (exact) mass is 419 g/mol. The molecular weight excluding hydrogens is 398 g/mol. The Morgan fingerprint density at radius 2 is 1.88 bits per heavy atom. The third-order valence-corrected chi connectivity index (χ3v) is 4.71. The molecule has 3 rings (SSSR count). The SMILES string of the molecule is CC1CN(C(=O)c2ccc(CNC(=O)c3cc(Br)c[nH]3)cc2)CC(C)O1. The van der Waals surface area contributed by atoms with Crippen LogP contribution >= 0.6 is 15.9 Å². The predicted octanol–water partition coefficient (Wildman–Crippen LogP) is 2.96. The largest absolute Gasteiger partial charge is 0.372 e. The lowest BCUT2D eigenvalue weighted by atomic mass is 10.1. The van der Waals surface area contributed by atoms with Crippen LogP contribution in [-0.4, -0.2) is 47.0 Å². The van der Waals surface area contributed by atoms with Crippen molar-refractivity contribution < 1.29 is 14.3 Å². The lowest BCUT2D eigenvalue weighted by molar-refractivity contribution is -0.0586. The molecule has 7 heteroatoms. The van der Waals surface area contributed by atoms with Gasteiger partial charge in [0.25, 0.3) is 11.8 Å². The van der Waals surface area contributed by atoms with Crippen molar-refractivity contribution >= 4 is 27.7 Å². The fraction of sp³-hybridized carbons (Fsp3) is 0.368. The number of nitrogens with one attached hydrogen (secondary N) is 2. The average Bonchev–Trinajstić information content (AvgIpc) is 3.05. The van der Waals surface area contributed by atoms with Crippen LogP contribution in [0.15, 0.2) is 41.0 Å². The molecule has 2 heterocycles. The zero-order valence-corrected chi connectivity index (χ0v) is 16.4. The molecule has 0 saturated carbocycles. The van der Waals surface area contributed by atoms with E-state index in [1.807, 2.05) is 30.9 Å². The first-order valence-electron chi connectivity index (χ1n) is 8.58. The Bertz CT molecular complexity index is 778. The van der Waals surface area contributed by atoms with E-state index in [1.165, 1.54) is 0 Å². The molecule has 1 aliphatic rings. The Morgan fingerprint density at radius 1 is 1.23 bits per heavy atom. The smallest absolute Gasteiger partial charge is 0.267 e. The van der Waals surface area contributed by atoms with Crippen molar-refractivity contribution in [3.8, 4) is 0 Å². The predicted molar refractivity (Wildman–Crippen MR) is 102 cm³/mol. The summed E-state index contributed by atoms with van der Waals surface area (Å²) >= 11 is 3.30. The molecule has 1 aliphatic heterocycles. The van der Waals surface area contributed by atoms with Gasteiger partial charge in [0.05, 0.1) is 12.2 Å². The number of halogens is 1. The molecule has 1 aromatic heterocycles. The van der Waals surface area contributed by atoms with Gasteiger partial charge in [0.2, 0.25) is 0 Å². The van der Waals surface area contributed by atoms with Gasteiger partial charge in [-0.2, -0.15) is 0 Å². The van der Waals surface area contributed by atoms with Crippen LogP contribution in [0, 0.1) is 0 Å². The first-order chi connectivity index (χ1) is 12.4. The number of carbonyl (C=O) groups is 2. The Balaban J connectivity index is 1.58. The molecule has 2 amide bonds. The van der Waals surface area contributed by atoms with Crippen molar-refractivity contribution in [3.63, 3.8) is 0 Å². The summed E-state index contributed by atoms with van der Waals surface area (Å²) in [6.07, 6.45) is 1.80. The highest BCUT2D eigenvalue weighted by Crippen LogP contribution is 2.15. The van der Waals surface area contributed by atoms with E-state index in [4.69, 9.17) is 4.74 Å². The van der Waals surface area contributed by atoms with Crippen LogP contribution in [0.3, 0.4) is 0 Å². The van der Waals surface area contributed by atoms with E-state index in [0.717, 1.165) is 10.0 Å². The number of rotatable bonds is 4. The number of ether oxygens (including phenoxy) is 1. The fourth-order valence-electron chi connectivity index (χ4n) is 3.07. The summed E-state index contributed by atoms with van der Waals surface area (Å²) in [5.41, 5.74) is 2.08. The standard InChI is InChI=1S/C19H22BrN3O3/c1-12-10-23(11-13(2)26-12)19(25)15-5-3-14(4-6-15)8-22-18(24)17-7-16(20)9-21-17/h3-7,9,12-13,21H,8,10-11H2,1-2H3,(H,22,24). The maximum atomic E-state index is 12.6. The van der Waals surface area contributed by atoms with Gasteiger partial charge in [-0.1, -0.05) is 12.1 Å². The van der Waals surface area contributed by atoms with Gasteiger partial charge in [-0.15, -0.1) is 0 Å². The molecule has 0 aliphatic carbocycles. The number of carbonyl (C=O) groups excluding carboxylic acids is 2. The van der Waals surface area contributed by atoms with E-state index < -0.39 is 0 Å². The fourth-order valence-corrected chi connectivity index (χ4v) is 3.41. The summed E-state index contributed by atoms with van der Waals surface area (Å²) in [4.78, 5) is 29.4. The molecule has 1 fully saturated rings. The van der Waals surface area contributed by atoms with Crippen LogP contribution in [0.2, 0.25) is 0 Å². The summed E-state index contributed by atoms with van der Waals surface area (Å²) in [6.45, 7) is 5.56. The van der Waals surface area contributed by atoms with E-state index in [2.05, 4.69) is 26.2 Å². The van der Waals surface area contributed by atoms with Crippen LogP contribution in [-0.2, 0) is 11.3 Å². The van der Waals surface area contributed by atoms with Gasteiger partial charge in [0.15, 0.2) is 0 Å². The first-order valence-corrected chi connectivity index (χ1v) is 9.37. The second-order valence-electron chi connectivity index (χ2n) is 6.58. The van der Waals surface area contributed by atoms with E-state index >= 15 is 0 Å². The summed E-state index contributed by atoms with van der Waals surface area (Å²) in [7, 11) is 0. The lowest BCUT2D eigenvalue weighted by Gasteiger charge is -2.35. The van der Waals surface area contributed by atoms with E-state index in [-0.39, 0.29) is 24.0 Å². The first kappa shape index (κ1) is 18.7. The summed E-state index contributed by atoms with van der Waals surface area (Å²) in [5.74, 6) is -0.161. The minimum atomic E-state index is -0.174. The minimum absolute atomic E-state index is 0.0128. The molecule has 2 unspecified atom stereocenters. The number of hydrogen-bond acceptors (Lipinski definition) is 3. The van der Waals surface area contributed by atoms with E-state index in [1.54, 1.807) is 24.4 Å².